The molecular formula is C42H28N6. The Morgan fingerprint density at radius 1 is 0.250 bits per heavy atom. The maximum Gasteiger partial charge on any atom is 0.160 e. The highest BCUT2D eigenvalue weighted by atomic mass is 14.9. The van der Waals surface area contributed by atoms with E-state index in [4.69, 9.17) is 9.97 Å². The van der Waals surface area contributed by atoms with Gasteiger partial charge in [-0.15, -0.1) is 0 Å². The maximum absolute atomic E-state index is 5.15. The molecule has 5 heterocycles. The molecule has 0 radical (unpaired) electrons. The first-order valence-electron chi connectivity index (χ1n) is 15.7. The first-order valence-corrected chi connectivity index (χ1v) is 15.7. The summed E-state index contributed by atoms with van der Waals surface area (Å²) in [7, 11) is 0. The molecule has 0 atom stereocenters. The van der Waals surface area contributed by atoms with E-state index in [0.29, 0.717) is 5.82 Å². The standard InChI is InChI=1S/C42H28N6/c1-2-12-29(13-3-1)42-47-40(34-24-30(36-14-4-8-18-43-36)22-31(25-34)37-15-5-9-19-44-37)28-41(48-42)35-26-32(38-16-6-10-20-45-38)23-33(27-35)39-17-7-11-21-46-39/h1-28H. The highest BCUT2D eigenvalue weighted by molar-refractivity contribution is 5.83. The normalized spacial score (nSPS) is 10.9. The quantitative estimate of drug-likeness (QED) is 0.177. The number of rotatable bonds is 7. The molecule has 5 aromatic heterocycles. The Bertz CT molecular complexity index is 2050. The molecule has 6 nitrogen and oxygen atoms in total. The first kappa shape index (κ1) is 28.8. The molecule has 0 saturated heterocycles. The van der Waals surface area contributed by atoms with Crippen LogP contribution in [0, 0.1) is 0 Å². The van der Waals surface area contributed by atoms with Crippen molar-refractivity contribution >= 4 is 0 Å². The van der Waals surface area contributed by atoms with E-state index in [1.807, 2.05) is 128 Å². The molecule has 6 heteroatoms. The van der Waals surface area contributed by atoms with Gasteiger partial charge < -0.3 is 0 Å². The molecule has 0 unspecified atom stereocenters. The van der Waals surface area contributed by atoms with Gasteiger partial charge in [0.25, 0.3) is 0 Å². The Balaban J connectivity index is 1.36. The zero-order chi connectivity index (χ0) is 32.1. The third-order valence-electron chi connectivity index (χ3n) is 8.06. The van der Waals surface area contributed by atoms with Crippen molar-refractivity contribution in [2.24, 2.45) is 0 Å². The number of hydrogen-bond donors (Lipinski definition) is 0. The average molecular weight is 617 g/mol. The van der Waals surface area contributed by atoms with Crippen molar-refractivity contribution in [1.29, 1.82) is 0 Å². The summed E-state index contributed by atoms with van der Waals surface area (Å²) in [6, 6.07) is 48.7. The molecule has 226 valence electrons. The third-order valence-corrected chi connectivity index (χ3v) is 8.06. The fourth-order valence-electron chi connectivity index (χ4n) is 5.74. The van der Waals surface area contributed by atoms with Crippen LogP contribution in [0.15, 0.2) is 170 Å². The lowest BCUT2D eigenvalue weighted by Gasteiger charge is -2.14. The molecule has 0 aliphatic rings. The van der Waals surface area contributed by atoms with Gasteiger partial charge in [-0.25, -0.2) is 9.97 Å². The summed E-state index contributed by atoms with van der Waals surface area (Å²) in [5, 5.41) is 0. The average Bonchev–Trinajstić information content (AvgIpc) is 3.19. The van der Waals surface area contributed by atoms with Gasteiger partial charge >= 0.3 is 0 Å². The number of aromatic nitrogens is 6. The van der Waals surface area contributed by atoms with Gasteiger partial charge in [0.05, 0.1) is 34.2 Å². The van der Waals surface area contributed by atoms with Crippen molar-refractivity contribution in [1.82, 2.24) is 29.9 Å². The highest BCUT2D eigenvalue weighted by Crippen LogP contribution is 2.36. The van der Waals surface area contributed by atoms with E-state index in [0.717, 1.165) is 73.1 Å². The van der Waals surface area contributed by atoms with Gasteiger partial charge in [0.2, 0.25) is 0 Å². The van der Waals surface area contributed by atoms with Crippen LogP contribution in [0.5, 0.6) is 0 Å². The molecule has 0 aliphatic heterocycles. The third kappa shape index (κ3) is 6.10. The van der Waals surface area contributed by atoms with Gasteiger partial charge in [0, 0.05) is 63.7 Å². The van der Waals surface area contributed by atoms with E-state index in [1.54, 1.807) is 0 Å². The van der Waals surface area contributed by atoms with E-state index < -0.39 is 0 Å². The summed E-state index contributed by atoms with van der Waals surface area (Å²) in [4.78, 5) is 29.0. The molecule has 8 aromatic rings. The van der Waals surface area contributed by atoms with Gasteiger partial charge in [0.1, 0.15) is 0 Å². The molecule has 0 bridgehead atoms. The van der Waals surface area contributed by atoms with Crippen molar-refractivity contribution in [3.05, 3.63) is 170 Å². The highest BCUT2D eigenvalue weighted by Gasteiger charge is 2.16. The van der Waals surface area contributed by atoms with Crippen LogP contribution in [0.4, 0.5) is 0 Å². The SMILES string of the molecule is c1ccc(-c2nc(-c3cc(-c4ccccn4)cc(-c4ccccn4)c3)cc(-c3cc(-c4ccccn4)cc(-c4ccccn4)c3)n2)cc1. The monoisotopic (exact) mass is 616 g/mol. The molecule has 0 spiro atoms. The van der Waals surface area contributed by atoms with Gasteiger partial charge in [-0.3, -0.25) is 19.9 Å². The van der Waals surface area contributed by atoms with Gasteiger partial charge in [0.15, 0.2) is 5.82 Å². The Labute approximate surface area is 278 Å². The van der Waals surface area contributed by atoms with E-state index in [2.05, 4.69) is 62.4 Å². The minimum absolute atomic E-state index is 0.633. The second-order valence-corrected chi connectivity index (χ2v) is 11.3. The fourth-order valence-corrected chi connectivity index (χ4v) is 5.74. The molecule has 0 aliphatic carbocycles. The minimum atomic E-state index is 0.633. The van der Waals surface area contributed by atoms with Crippen molar-refractivity contribution in [2.75, 3.05) is 0 Å². The molecule has 8 rings (SSSR count). The molecule has 0 saturated carbocycles. The van der Waals surface area contributed by atoms with Crippen LogP contribution >= 0.6 is 0 Å². The van der Waals surface area contributed by atoms with Crippen LogP contribution in [0.3, 0.4) is 0 Å². The zero-order valence-corrected chi connectivity index (χ0v) is 25.8. The Kier molecular flexibility index (Phi) is 7.79. The van der Waals surface area contributed by atoms with Gasteiger partial charge in [-0.2, -0.15) is 0 Å². The Morgan fingerprint density at radius 3 is 0.875 bits per heavy atom. The lowest BCUT2D eigenvalue weighted by atomic mass is 9.96. The number of pyridine rings is 4. The summed E-state index contributed by atoms with van der Waals surface area (Å²) in [5.74, 6) is 0.633. The van der Waals surface area contributed by atoms with E-state index in [9.17, 15) is 0 Å². The van der Waals surface area contributed by atoms with Crippen molar-refractivity contribution in [2.45, 2.75) is 0 Å². The van der Waals surface area contributed by atoms with Crippen LogP contribution in [0.1, 0.15) is 0 Å². The van der Waals surface area contributed by atoms with Crippen LogP contribution in [0.2, 0.25) is 0 Å². The summed E-state index contributed by atoms with van der Waals surface area (Å²) in [6.45, 7) is 0. The van der Waals surface area contributed by atoms with Crippen molar-refractivity contribution in [3.63, 3.8) is 0 Å². The number of hydrogen-bond acceptors (Lipinski definition) is 6. The van der Waals surface area contributed by atoms with Crippen LogP contribution in [0.25, 0.3) is 78.9 Å². The predicted molar refractivity (Wildman–Crippen MR) is 191 cm³/mol. The predicted octanol–water partition coefficient (Wildman–Crippen LogP) is 9.73. The molecule has 0 N–H and O–H groups in total. The molecule has 3 aromatic carbocycles. The number of benzene rings is 3. The molecule has 48 heavy (non-hydrogen) atoms. The Morgan fingerprint density at radius 2 is 0.562 bits per heavy atom. The first-order chi connectivity index (χ1) is 23.8. The van der Waals surface area contributed by atoms with Gasteiger partial charge in [-0.1, -0.05) is 54.6 Å². The van der Waals surface area contributed by atoms with Crippen molar-refractivity contribution < 1.29 is 0 Å². The van der Waals surface area contributed by atoms with Crippen LogP contribution < -0.4 is 0 Å². The Hall–Kier alpha value is -6.66. The zero-order valence-electron chi connectivity index (χ0n) is 25.8. The largest absolute Gasteiger partial charge is 0.256 e. The second kappa shape index (κ2) is 13.0. The van der Waals surface area contributed by atoms with Crippen LogP contribution in [-0.4, -0.2) is 29.9 Å². The van der Waals surface area contributed by atoms with Crippen molar-refractivity contribution in [3.8, 4) is 78.9 Å². The van der Waals surface area contributed by atoms with Gasteiger partial charge in [-0.05, 0) is 91.0 Å². The number of nitrogens with zero attached hydrogens (tertiary/aromatic N) is 6. The molecule has 0 fully saturated rings. The van der Waals surface area contributed by atoms with E-state index >= 15 is 0 Å². The smallest absolute Gasteiger partial charge is 0.160 e. The van der Waals surface area contributed by atoms with E-state index in [1.165, 1.54) is 0 Å². The summed E-state index contributed by atoms with van der Waals surface area (Å²) in [5.41, 5.74) is 11.8. The lowest BCUT2D eigenvalue weighted by Crippen LogP contribution is -1.98. The maximum atomic E-state index is 5.15. The minimum Gasteiger partial charge on any atom is -0.256 e. The molecular weight excluding hydrogens is 589 g/mol. The summed E-state index contributed by atoms with van der Waals surface area (Å²) >= 11 is 0. The second-order valence-electron chi connectivity index (χ2n) is 11.3. The lowest BCUT2D eigenvalue weighted by molar-refractivity contribution is 1.18. The molecule has 0 amide bonds. The topological polar surface area (TPSA) is 77.3 Å². The summed E-state index contributed by atoms with van der Waals surface area (Å²) < 4.78 is 0. The van der Waals surface area contributed by atoms with E-state index in [-0.39, 0.29) is 0 Å². The fraction of sp³-hybridized carbons (Fsp3) is 0. The van der Waals surface area contributed by atoms with Crippen LogP contribution in [-0.2, 0) is 0 Å². The summed E-state index contributed by atoms with van der Waals surface area (Å²) in [6.07, 6.45) is 7.25.